The molecule has 5 rings (SSSR count). The topological polar surface area (TPSA) is 220 Å². The summed E-state index contributed by atoms with van der Waals surface area (Å²) in [5.41, 5.74) is 0.172. The van der Waals surface area contributed by atoms with Crippen molar-refractivity contribution >= 4 is 59.2 Å². The van der Waals surface area contributed by atoms with Gasteiger partial charge in [0.25, 0.3) is 5.91 Å². The van der Waals surface area contributed by atoms with Gasteiger partial charge in [0, 0.05) is 42.2 Å². The fraction of sp³-hybridized carbons (Fsp3) is 0.400. The van der Waals surface area contributed by atoms with Crippen LogP contribution in [-0.2, 0) is 30.9 Å². The Bertz CT molecular complexity index is 1670. The molecular weight excluding hydrogens is 618 g/mol. The number of nitrogens with zero attached hydrogens (tertiary/aromatic N) is 7. The quantitative estimate of drug-likeness (QED) is 0.144. The number of likely N-dealkylation sites (N-methyl/N-ethyl adjacent to an activating group) is 1. The number of aryl methyl sites for hydroxylation is 1. The van der Waals surface area contributed by atoms with Crippen LogP contribution in [0.3, 0.4) is 0 Å². The zero-order chi connectivity index (χ0) is 34.2. The van der Waals surface area contributed by atoms with Gasteiger partial charge in [-0.1, -0.05) is 23.9 Å². The lowest BCUT2D eigenvalue weighted by Gasteiger charge is -2.49. The largest absolute Gasteiger partial charge is 0.508 e. The van der Waals surface area contributed by atoms with Gasteiger partial charge in [-0.15, -0.1) is 16.9 Å². The van der Waals surface area contributed by atoms with Crippen LogP contribution < -0.4 is 10.6 Å². The van der Waals surface area contributed by atoms with Gasteiger partial charge >= 0.3 is 23.8 Å². The highest BCUT2D eigenvalue weighted by molar-refractivity contribution is 8.01. The summed E-state index contributed by atoms with van der Waals surface area (Å²) in [5, 5.41) is 34.3. The monoisotopic (exact) mass is 648 g/mol. The molecule has 1 aromatic carbocycles. The molecule has 3 aliphatic heterocycles. The van der Waals surface area contributed by atoms with Gasteiger partial charge in [-0.2, -0.15) is 0 Å². The first-order chi connectivity index (χ1) is 22.2. The average Bonchev–Trinajstić information content (AvgIpc) is 3.52. The number of carboxylic acid groups (broad SMARTS) is 1. The van der Waals surface area contributed by atoms with Gasteiger partial charge < -0.3 is 25.7 Å². The summed E-state index contributed by atoms with van der Waals surface area (Å²) in [6.07, 6.45) is 0. The number of phenols is 1. The molecule has 2 saturated heterocycles. The summed E-state index contributed by atoms with van der Waals surface area (Å²) < 4.78 is 23.2. The molecule has 1 aromatic heterocycles. The Morgan fingerprint density at radius 1 is 1.18 bits per heavy atom. The second-order valence-corrected chi connectivity index (χ2v) is 11.7. The molecule has 0 spiro atoms. The third-order valence-corrected chi connectivity index (χ3v) is 9.40. The zero-order valence-corrected chi connectivity index (χ0v) is 24.5. The second-order valence-electron chi connectivity index (χ2n) is 9.63. The van der Waals surface area contributed by atoms with E-state index in [2.05, 4.69) is 26.2 Å². The number of hydrogen-bond donors (Lipinski definition) is 4. The summed E-state index contributed by atoms with van der Waals surface area (Å²) in [4.78, 5) is 80.2. The van der Waals surface area contributed by atoms with Gasteiger partial charge in [0.15, 0.2) is 0 Å². The fourth-order valence-corrected chi connectivity index (χ4v) is 7.06. The molecule has 4 N–H and O–H groups in total. The van der Waals surface area contributed by atoms with E-state index in [9.17, 15) is 39.0 Å². The summed E-state index contributed by atoms with van der Waals surface area (Å²) in [6.45, 7) is -0.710. The second kappa shape index (κ2) is 12.5. The predicted octanol–water partition coefficient (Wildman–Crippen LogP) is -1.11. The Hall–Kier alpha value is -4.65. The lowest BCUT2D eigenvalue weighted by atomic mass is 10.0. The Kier molecular flexibility index (Phi) is 7.67. The number of tetrazole rings is 1. The first-order valence-corrected chi connectivity index (χ1v) is 15.1. The van der Waals surface area contributed by atoms with Crippen molar-refractivity contribution in [2.45, 2.75) is 29.5 Å². The Morgan fingerprint density at radius 2 is 1.93 bits per heavy atom. The van der Waals surface area contributed by atoms with Crippen molar-refractivity contribution in [1.29, 1.82) is 0 Å². The Labute approximate surface area is 262 Å². The molecule has 0 radical (unpaired) electrons. The minimum absolute atomic E-state index is 0.0404. The highest BCUT2D eigenvalue weighted by Crippen LogP contribution is 2.41. The van der Waals surface area contributed by atoms with Crippen molar-refractivity contribution < 1.29 is 43.1 Å². The minimum atomic E-state index is -2.66. The van der Waals surface area contributed by atoms with E-state index in [-0.39, 0.29) is 53.3 Å². The molecule has 6 amide bonds. The third-order valence-electron chi connectivity index (χ3n) is 7.06. The van der Waals surface area contributed by atoms with Gasteiger partial charge in [0.2, 0.25) is 11.1 Å². The number of aromatic hydroxyl groups is 1. The van der Waals surface area contributed by atoms with Crippen LogP contribution >= 0.6 is 23.5 Å². The van der Waals surface area contributed by atoms with Gasteiger partial charge in [0.05, 0.1) is 0 Å². The first-order valence-electron chi connectivity index (χ1n) is 14.5. The number of aromatic nitrogens is 4. The lowest BCUT2D eigenvalue weighted by molar-refractivity contribution is -0.153. The number of benzene rings is 1. The molecule has 19 heteroatoms. The number of carbonyl (C=O) groups excluding carboxylic acids is 5. The lowest BCUT2D eigenvalue weighted by Crippen LogP contribution is -2.71. The van der Waals surface area contributed by atoms with E-state index in [4.69, 9.17) is 4.11 Å². The molecule has 0 saturated carbocycles. The van der Waals surface area contributed by atoms with Crippen molar-refractivity contribution in [2.75, 3.05) is 31.1 Å². The molecule has 2 fully saturated rings. The van der Waals surface area contributed by atoms with E-state index >= 15 is 0 Å². The van der Waals surface area contributed by atoms with Crippen molar-refractivity contribution in [3.63, 3.8) is 0 Å². The van der Waals surface area contributed by atoms with Crippen molar-refractivity contribution in [2.24, 2.45) is 6.98 Å². The molecule has 2 aromatic rings. The molecule has 3 aliphatic rings. The summed E-state index contributed by atoms with van der Waals surface area (Å²) in [5.74, 6) is -5.01. The molecule has 4 heterocycles. The van der Waals surface area contributed by atoms with E-state index in [1.807, 2.05) is 0 Å². The van der Waals surface area contributed by atoms with E-state index < -0.39 is 60.1 Å². The number of urea groups is 1. The summed E-state index contributed by atoms with van der Waals surface area (Å²) >= 11 is 2.05. The summed E-state index contributed by atoms with van der Waals surface area (Å²) in [6, 6.07) is 1.55. The number of hydrogen-bond acceptors (Lipinski definition) is 12. The predicted molar refractivity (Wildman–Crippen MR) is 153 cm³/mol. The van der Waals surface area contributed by atoms with Crippen LogP contribution in [0.25, 0.3) is 0 Å². The Morgan fingerprint density at radius 3 is 2.61 bits per heavy atom. The van der Waals surface area contributed by atoms with Crippen LogP contribution in [0.1, 0.15) is 22.6 Å². The number of fused-ring (bicyclic) bond motifs is 1. The normalized spacial score (nSPS) is 22.0. The van der Waals surface area contributed by atoms with Crippen LogP contribution in [0.2, 0.25) is 0 Å². The maximum Gasteiger partial charge on any atom is 0.352 e. The smallest absolute Gasteiger partial charge is 0.352 e. The standard InChI is InChI=1S/C25H27N9O8S2/c1-3-32-8-9-33(21(39)20(32)38)24(42)27-15(12-4-6-14(35)7-5-12)18(36)26-16-19(37)34-17(23(40)41)13(10-43-22(16)34)11-44-25-28-29-30-31(25)2/h4-7,15-16,22,35H,3,8-11H2,1-2H3,(H,26,36)(H,27,42)(H,40,41)/t15-,16-,22-/m1/s1/i2D3. The van der Waals surface area contributed by atoms with Crippen LogP contribution in [-0.4, -0.2) is 123 Å². The molecule has 0 unspecified atom stereocenters. The van der Waals surface area contributed by atoms with Crippen LogP contribution in [0.15, 0.2) is 40.7 Å². The maximum atomic E-state index is 13.6. The van der Waals surface area contributed by atoms with E-state index in [0.717, 1.165) is 28.4 Å². The van der Waals surface area contributed by atoms with Gasteiger partial charge in [0.1, 0.15) is 28.9 Å². The van der Waals surface area contributed by atoms with E-state index in [0.29, 0.717) is 15.2 Å². The SMILES string of the molecule is [2H]C([2H])([2H])n1nnnc1SCC1=C(C(=O)O)N2C(=O)[C@@H](NC(=O)[C@H](NC(=O)N3CCN(CC)C(=O)C3=O)c3ccc(O)cc3)[C@H]2SC1. The Balaban J connectivity index is 1.31. The fourth-order valence-electron chi connectivity index (χ4n) is 4.79. The number of phenolic OH excluding ortho intramolecular Hbond substituents is 1. The number of imide groups is 1. The number of carbonyl (C=O) groups is 6. The van der Waals surface area contributed by atoms with Crippen LogP contribution in [0.4, 0.5) is 4.79 Å². The van der Waals surface area contributed by atoms with Crippen LogP contribution in [0.5, 0.6) is 5.75 Å². The molecular formula is C25H27N9O8S2. The molecule has 3 atom stereocenters. The number of carboxylic acids is 1. The number of rotatable bonds is 9. The number of thioether (sulfide) groups is 2. The highest BCUT2D eigenvalue weighted by atomic mass is 32.2. The number of piperazine rings is 1. The number of β-lactam (4-membered cyclic amide) rings is 1. The number of nitrogens with one attached hydrogen (secondary N) is 2. The average molecular weight is 649 g/mol. The van der Waals surface area contributed by atoms with E-state index in [1.165, 1.54) is 29.2 Å². The molecule has 0 aliphatic carbocycles. The van der Waals surface area contributed by atoms with Crippen LogP contribution in [0, 0.1) is 0 Å². The third kappa shape index (κ3) is 5.79. The van der Waals surface area contributed by atoms with Gasteiger partial charge in [-0.25, -0.2) is 14.3 Å². The number of amides is 6. The molecule has 17 nitrogen and oxygen atoms in total. The number of aliphatic carboxylic acids is 1. The highest BCUT2D eigenvalue weighted by Gasteiger charge is 2.54. The summed E-state index contributed by atoms with van der Waals surface area (Å²) in [7, 11) is 0. The maximum absolute atomic E-state index is 13.6. The van der Waals surface area contributed by atoms with Gasteiger partial charge in [-0.3, -0.25) is 29.0 Å². The van der Waals surface area contributed by atoms with Crippen molar-refractivity contribution in [3.8, 4) is 5.75 Å². The zero-order valence-electron chi connectivity index (χ0n) is 25.9. The van der Waals surface area contributed by atoms with Gasteiger partial charge in [-0.05, 0) is 40.6 Å². The van der Waals surface area contributed by atoms with Crippen molar-refractivity contribution in [3.05, 3.63) is 41.1 Å². The molecule has 44 heavy (non-hydrogen) atoms. The first kappa shape index (κ1) is 26.9. The van der Waals surface area contributed by atoms with E-state index in [1.54, 1.807) is 6.92 Å². The van der Waals surface area contributed by atoms with Crippen molar-refractivity contribution in [1.82, 2.24) is 45.5 Å². The molecule has 232 valence electrons. The molecule has 0 bridgehead atoms. The minimum Gasteiger partial charge on any atom is -0.508 e.